The number of hydrogen-bond donors (Lipinski definition) is 2. The first-order valence-corrected chi connectivity index (χ1v) is 6.68. The van der Waals surface area contributed by atoms with Crippen LogP contribution in [0.2, 0.25) is 0 Å². The molecule has 0 spiro atoms. The minimum absolute atomic E-state index is 0.191. The van der Waals surface area contributed by atoms with Crippen LogP contribution in [0.1, 0.15) is 20.1 Å². The number of anilines is 1. The van der Waals surface area contributed by atoms with E-state index in [1.165, 1.54) is 22.7 Å². The molecule has 2 aromatic rings. The van der Waals surface area contributed by atoms with Crippen molar-refractivity contribution in [1.82, 2.24) is 10.2 Å². The molecule has 0 aliphatic heterocycles. The van der Waals surface area contributed by atoms with E-state index in [2.05, 4.69) is 27.4 Å². The molecule has 0 aliphatic carbocycles. The summed E-state index contributed by atoms with van der Waals surface area (Å²) in [5, 5.41) is 19.1. The highest BCUT2D eigenvalue weighted by atomic mass is 32.1. The van der Waals surface area contributed by atoms with Gasteiger partial charge in [-0.15, -0.1) is 21.5 Å². The summed E-state index contributed by atoms with van der Waals surface area (Å²) in [6.45, 7) is 1.68. The number of hydrogen-bond acceptors (Lipinski definition) is 6. The maximum atomic E-state index is 11.9. The maximum Gasteiger partial charge on any atom is 0.267 e. The van der Waals surface area contributed by atoms with Crippen LogP contribution in [0.25, 0.3) is 0 Å². The van der Waals surface area contributed by atoms with Gasteiger partial charge in [0.1, 0.15) is 12.1 Å². The lowest BCUT2D eigenvalue weighted by atomic mass is 10.2. The highest BCUT2D eigenvalue weighted by Crippen LogP contribution is 2.22. The van der Waals surface area contributed by atoms with E-state index in [-0.39, 0.29) is 12.5 Å². The van der Waals surface area contributed by atoms with Crippen molar-refractivity contribution in [3.05, 3.63) is 26.9 Å². The first-order chi connectivity index (χ1) is 8.70. The summed E-state index contributed by atoms with van der Waals surface area (Å²) in [6, 6.07) is 1.77. The number of thiophene rings is 1. The van der Waals surface area contributed by atoms with Crippen LogP contribution in [0.3, 0.4) is 0 Å². The molecule has 2 N–H and O–H groups in total. The Labute approximate surface area is 112 Å². The Bertz CT molecular complexity index is 608. The number of nitrogens with one attached hydrogen (secondary N) is 1. The number of aliphatic hydroxyl groups is 1. The van der Waals surface area contributed by atoms with E-state index in [4.69, 9.17) is 5.11 Å². The summed E-state index contributed by atoms with van der Waals surface area (Å²) >= 11 is 2.55. The number of aliphatic hydroxyl groups excluding tert-OH is 1. The fraction of sp³-hybridized carbons (Fsp3) is 0.182. The average Bonchev–Trinajstić information content (AvgIpc) is 2.96. The molecule has 5 nitrogen and oxygen atoms in total. The third kappa shape index (κ3) is 2.92. The molecular formula is C11H9N3O2S2. The second kappa shape index (κ2) is 5.73. The van der Waals surface area contributed by atoms with Gasteiger partial charge in [-0.1, -0.05) is 23.2 Å². The summed E-state index contributed by atoms with van der Waals surface area (Å²) in [6.07, 6.45) is 0. The average molecular weight is 279 g/mol. The quantitative estimate of drug-likeness (QED) is 0.817. The van der Waals surface area contributed by atoms with Crippen molar-refractivity contribution in [3.8, 4) is 11.8 Å². The van der Waals surface area contributed by atoms with Crippen molar-refractivity contribution in [2.24, 2.45) is 0 Å². The zero-order valence-electron chi connectivity index (χ0n) is 9.43. The van der Waals surface area contributed by atoms with Crippen LogP contribution in [0.15, 0.2) is 11.6 Å². The molecule has 1 amide bonds. The van der Waals surface area contributed by atoms with E-state index in [0.717, 1.165) is 10.4 Å². The molecule has 18 heavy (non-hydrogen) atoms. The van der Waals surface area contributed by atoms with Gasteiger partial charge in [0.05, 0.1) is 9.75 Å². The van der Waals surface area contributed by atoms with Gasteiger partial charge >= 0.3 is 0 Å². The monoisotopic (exact) mass is 279 g/mol. The van der Waals surface area contributed by atoms with Crippen molar-refractivity contribution >= 4 is 33.7 Å². The van der Waals surface area contributed by atoms with Crippen LogP contribution in [-0.2, 0) is 0 Å². The lowest BCUT2D eigenvalue weighted by Gasteiger charge is -1.95. The van der Waals surface area contributed by atoms with E-state index >= 15 is 0 Å². The van der Waals surface area contributed by atoms with Gasteiger partial charge in [0.15, 0.2) is 0 Å². The molecule has 0 bridgehead atoms. The first kappa shape index (κ1) is 12.7. The number of nitrogens with zero attached hydrogens (tertiary/aromatic N) is 2. The van der Waals surface area contributed by atoms with Crippen molar-refractivity contribution in [1.29, 1.82) is 0 Å². The van der Waals surface area contributed by atoms with Crippen molar-refractivity contribution in [3.63, 3.8) is 0 Å². The number of aromatic nitrogens is 2. The highest BCUT2D eigenvalue weighted by molar-refractivity contribution is 7.15. The minimum atomic E-state index is -0.225. The van der Waals surface area contributed by atoms with E-state index < -0.39 is 0 Å². The smallest absolute Gasteiger partial charge is 0.267 e. The Morgan fingerprint density at radius 1 is 1.61 bits per heavy atom. The molecule has 0 aliphatic rings. The molecule has 0 unspecified atom stereocenters. The van der Waals surface area contributed by atoms with Crippen LogP contribution in [0, 0.1) is 18.8 Å². The topological polar surface area (TPSA) is 75.1 Å². The van der Waals surface area contributed by atoms with Gasteiger partial charge in [-0.3, -0.25) is 10.1 Å². The van der Waals surface area contributed by atoms with Gasteiger partial charge in [0, 0.05) is 0 Å². The zero-order valence-corrected chi connectivity index (χ0v) is 11.1. The van der Waals surface area contributed by atoms with Gasteiger partial charge in [-0.25, -0.2) is 0 Å². The standard InChI is InChI=1S/C11H9N3O2S2/c1-7-5-9(18-8(7)3-2-4-15)10(16)13-11-14-12-6-17-11/h5-6,15H,4H2,1H3,(H,13,14,16). The lowest BCUT2D eigenvalue weighted by Crippen LogP contribution is -2.09. The second-order valence-corrected chi connectivity index (χ2v) is 5.17. The fourth-order valence-corrected chi connectivity index (χ4v) is 2.61. The summed E-state index contributed by atoms with van der Waals surface area (Å²) in [5.74, 6) is 5.15. The Hall–Kier alpha value is -1.75. The van der Waals surface area contributed by atoms with Gasteiger partial charge < -0.3 is 5.11 Å². The molecule has 0 radical (unpaired) electrons. The molecule has 0 aromatic carbocycles. The second-order valence-electron chi connectivity index (χ2n) is 3.28. The molecule has 0 saturated carbocycles. The Morgan fingerprint density at radius 2 is 2.44 bits per heavy atom. The maximum absolute atomic E-state index is 11.9. The zero-order chi connectivity index (χ0) is 13.0. The molecule has 2 rings (SSSR count). The molecule has 2 aromatic heterocycles. The molecule has 92 valence electrons. The number of carbonyl (C=O) groups excluding carboxylic acids is 1. The van der Waals surface area contributed by atoms with E-state index in [1.807, 2.05) is 6.92 Å². The van der Waals surface area contributed by atoms with Crippen LogP contribution in [0.4, 0.5) is 5.13 Å². The number of aryl methyl sites for hydroxylation is 1. The third-order valence-electron chi connectivity index (χ3n) is 2.00. The highest BCUT2D eigenvalue weighted by Gasteiger charge is 2.12. The minimum Gasteiger partial charge on any atom is -0.384 e. The van der Waals surface area contributed by atoms with Crippen molar-refractivity contribution in [2.45, 2.75) is 6.92 Å². The summed E-state index contributed by atoms with van der Waals surface area (Å²) in [4.78, 5) is 13.2. The molecule has 0 fully saturated rings. The normalized spacial score (nSPS) is 9.67. The summed E-state index contributed by atoms with van der Waals surface area (Å²) < 4.78 is 0. The van der Waals surface area contributed by atoms with Gasteiger partial charge in [0.2, 0.25) is 5.13 Å². The van der Waals surface area contributed by atoms with Crippen LogP contribution in [0.5, 0.6) is 0 Å². The van der Waals surface area contributed by atoms with Gasteiger partial charge in [-0.2, -0.15) is 0 Å². The summed E-state index contributed by atoms with van der Waals surface area (Å²) in [5.41, 5.74) is 2.47. The molecular weight excluding hydrogens is 270 g/mol. The molecule has 0 atom stereocenters. The van der Waals surface area contributed by atoms with E-state index in [9.17, 15) is 4.79 Å². The van der Waals surface area contributed by atoms with Crippen LogP contribution < -0.4 is 5.32 Å². The molecule has 7 heteroatoms. The van der Waals surface area contributed by atoms with Gasteiger partial charge in [-0.05, 0) is 18.6 Å². The van der Waals surface area contributed by atoms with Gasteiger partial charge in [0.25, 0.3) is 5.91 Å². The van der Waals surface area contributed by atoms with Crippen molar-refractivity contribution < 1.29 is 9.90 Å². The van der Waals surface area contributed by atoms with E-state index in [0.29, 0.717) is 10.0 Å². The number of rotatable bonds is 2. The largest absolute Gasteiger partial charge is 0.384 e. The Kier molecular flexibility index (Phi) is 4.04. The molecule has 0 saturated heterocycles. The Morgan fingerprint density at radius 3 is 3.11 bits per heavy atom. The lowest BCUT2D eigenvalue weighted by molar-refractivity contribution is 0.103. The number of amides is 1. The number of carbonyl (C=O) groups is 1. The SMILES string of the molecule is Cc1cc(C(=O)Nc2nncs2)sc1C#CCO. The van der Waals surface area contributed by atoms with Crippen LogP contribution in [-0.4, -0.2) is 27.8 Å². The van der Waals surface area contributed by atoms with E-state index in [1.54, 1.807) is 11.6 Å². The Balaban J connectivity index is 2.16. The first-order valence-electron chi connectivity index (χ1n) is 4.98. The third-order valence-corrected chi connectivity index (χ3v) is 3.76. The van der Waals surface area contributed by atoms with Crippen molar-refractivity contribution in [2.75, 3.05) is 11.9 Å². The fourth-order valence-electron chi connectivity index (χ4n) is 1.22. The molecule has 2 heterocycles. The predicted molar refractivity (Wildman–Crippen MR) is 70.9 cm³/mol. The van der Waals surface area contributed by atoms with Crippen LogP contribution >= 0.6 is 22.7 Å². The predicted octanol–water partition coefficient (Wildman–Crippen LogP) is 1.50. The summed E-state index contributed by atoms with van der Waals surface area (Å²) in [7, 11) is 0.